The number of nitrogens with one attached hydrogen (secondary N) is 2. The Bertz CT molecular complexity index is 1060. The minimum absolute atomic E-state index is 0.107. The first kappa shape index (κ1) is 23.1. The van der Waals surface area contributed by atoms with E-state index in [0.717, 1.165) is 0 Å². The van der Waals surface area contributed by atoms with Gasteiger partial charge in [0.05, 0.1) is 16.1 Å². The number of rotatable bonds is 8. The highest BCUT2D eigenvalue weighted by Crippen LogP contribution is 2.49. The molecule has 0 saturated heterocycles. The van der Waals surface area contributed by atoms with E-state index in [1.807, 2.05) is 22.6 Å². The molecule has 0 radical (unpaired) electrons. The van der Waals surface area contributed by atoms with Gasteiger partial charge in [0, 0.05) is 22.6 Å². The van der Waals surface area contributed by atoms with Crippen LogP contribution in [0.15, 0.2) is 29.1 Å². The van der Waals surface area contributed by atoms with Crippen LogP contribution in [0.1, 0.15) is 24.8 Å². The SMILES string of the molecule is Cc1cc(NS(=O)C2(CC(F)(F)CO)CC2)c(Nc2ccc(I)cc2F)n(C)c1=O. The lowest BCUT2D eigenvalue weighted by atomic mass is 10.2. The second-order valence-corrected chi connectivity index (χ2v) is 10.3. The van der Waals surface area contributed by atoms with Gasteiger partial charge in [-0.25, -0.2) is 17.4 Å². The highest BCUT2D eigenvalue weighted by molar-refractivity contribution is 14.1. The molecule has 11 heteroatoms. The summed E-state index contributed by atoms with van der Waals surface area (Å²) in [7, 11) is -0.435. The average molecular weight is 555 g/mol. The molecule has 0 bridgehead atoms. The van der Waals surface area contributed by atoms with Gasteiger partial charge < -0.3 is 15.1 Å². The molecule has 0 amide bonds. The summed E-state index contributed by atoms with van der Waals surface area (Å²) in [6, 6.07) is 5.95. The van der Waals surface area contributed by atoms with Gasteiger partial charge in [0.25, 0.3) is 11.5 Å². The van der Waals surface area contributed by atoms with Gasteiger partial charge in [-0.3, -0.25) is 9.36 Å². The number of hydrogen-bond donors (Lipinski definition) is 3. The number of aliphatic hydroxyl groups is 1. The van der Waals surface area contributed by atoms with E-state index in [2.05, 4.69) is 10.0 Å². The van der Waals surface area contributed by atoms with Gasteiger partial charge in [-0.05, 0) is 66.6 Å². The molecule has 0 spiro atoms. The van der Waals surface area contributed by atoms with Crippen molar-refractivity contribution in [2.45, 2.75) is 36.9 Å². The maximum absolute atomic E-state index is 14.3. The number of alkyl halides is 2. The molecule has 1 aliphatic rings. The number of aryl methyl sites for hydroxylation is 1. The van der Waals surface area contributed by atoms with Crippen LogP contribution in [-0.4, -0.2) is 31.2 Å². The number of nitrogens with zero attached hydrogens (tertiary/aromatic N) is 1. The zero-order valence-corrected chi connectivity index (χ0v) is 19.2. The molecule has 1 aromatic carbocycles. The van der Waals surface area contributed by atoms with Gasteiger partial charge >= 0.3 is 0 Å². The Balaban J connectivity index is 1.95. The Labute approximate surface area is 187 Å². The first-order chi connectivity index (χ1) is 14.0. The van der Waals surface area contributed by atoms with Crippen molar-refractivity contribution in [1.82, 2.24) is 4.57 Å². The quantitative estimate of drug-likeness (QED) is 0.433. The van der Waals surface area contributed by atoms with Crippen LogP contribution in [0.2, 0.25) is 0 Å². The average Bonchev–Trinajstić information content (AvgIpc) is 3.44. The molecule has 1 atom stereocenters. The van der Waals surface area contributed by atoms with E-state index in [0.29, 0.717) is 22.0 Å². The number of hydrogen-bond acceptors (Lipinski definition) is 4. The van der Waals surface area contributed by atoms with Crippen LogP contribution < -0.4 is 15.6 Å². The molecule has 3 N–H and O–H groups in total. The Hall–Kier alpha value is -1.60. The normalized spacial score (nSPS) is 16.2. The number of benzene rings is 1. The first-order valence-electron chi connectivity index (χ1n) is 9.08. The Morgan fingerprint density at radius 3 is 2.53 bits per heavy atom. The highest BCUT2D eigenvalue weighted by Gasteiger charge is 2.55. The highest BCUT2D eigenvalue weighted by atomic mass is 127. The second-order valence-electron chi connectivity index (χ2n) is 7.45. The van der Waals surface area contributed by atoms with Gasteiger partial charge in [-0.15, -0.1) is 0 Å². The van der Waals surface area contributed by atoms with E-state index < -0.39 is 40.5 Å². The van der Waals surface area contributed by atoms with Crippen molar-refractivity contribution in [1.29, 1.82) is 0 Å². The molecule has 1 aromatic heterocycles. The van der Waals surface area contributed by atoms with Crippen molar-refractivity contribution in [3.8, 4) is 0 Å². The summed E-state index contributed by atoms with van der Waals surface area (Å²) in [6.45, 7) is 0.252. The molecule has 1 heterocycles. The number of pyridine rings is 1. The monoisotopic (exact) mass is 555 g/mol. The Morgan fingerprint density at radius 1 is 1.30 bits per heavy atom. The Morgan fingerprint density at radius 2 is 1.97 bits per heavy atom. The van der Waals surface area contributed by atoms with E-state index >= 15 is 0 Å². The van der Waals surface area contributed by atoms with Crippen LogP contribution in [0.25, 0.3) is 0 Å². The van der Waals surface area contributed by atoms with Crippen LogP contribution in [0, 0.1) is 16.3 Å². The van der Waals surface area contributed by atoms with E-state index in [-0.39, 0.29) is 22.8 Å². The fourth-order valence-electron chi connectivity index (χ4n) is 3.14. The smallest absolute Gasteiger partial charge is 0.272 e. The molecule has 0 aliphatic heterocycles. The zero-order chi connectivity index (χ0) is 22.3. The van der Waals surface area contributed by atoms with Crippen LogP contribution in [0.3, 0.4) is 0 Å². The van der Waals surface area contributed by atoms with Gasteiger partial charge in [-0.1, -0.05) is 0 Å². The molecule has 1 unspecified atom stereocenters. The lowest BCUT2D eigenvalue weighted by Gasteiger charge is -2.23. The van der Waals surface area contributed by atoms with Crippen molar-refractivity contribution >= 4 is 50.8 Å². The summed E-state index contributed by atoms with van der Waals surface area (Å²) >= 11 is 1.97. The third-order valence-corrected chi connectivity index (χ3v) is 7.41. The zero-order valence-electron chi connectivity index (χ0n) is 16.3. The maximum atomic E-state index is 14.3. The molecular weight excluding hydrogens is 534 g/mol. The van der Waals surface area contributed by atoms with E-state index in [1.165, 1.54) is 29.8 Å². The molecule has 1 aliphatic carbocycles. The standard InChI is InChI=1S/C19H21F3IN3O3S/c1-11-7-15(25-30(29)18(5-6-18)9-19(21,22)10-27)16(26(2)17(11)28)24-14-4-3-12(23)8-13(14)20/h3-4,7-8,24-25,27H,5-6,9-10H2,1-2H3. The molecular formula is C19H21F3IN3O3S. The fraction of sp³-hybridized carbons (Fsp3) is 0.421. The summed E-state index contributed by atoms with van der Waals surface area (Å²) in [6.07, 6.45) is -0.0711. The minimum Gasteiger partial charge on any atom is -0.390 e. The molecule has 3 rings (SSSR count). The summed E-state index contributed by atoms with van der Waals surface area (Å²) in [4.78, 5) is 12.4. The maximum Gasteiger partial charge on any atom is 0.272 e. The van der Waals surface area contributed by atoms with Gasteiger partial charge in [0.2, 0.25) is 0 Å². The molecule has 6 nitrogen and oxygen atoms in total. The van der Waals surface area contributed by atoms with E-state index in [9.17, 15) is 22.2 Å². The predicted molar refractivity (Wildman–Crippen MR) is 119 cm³/mol. The second kappa shape index (κ2) is 8.50. The van der Waals surface area contributed by atoms with Gasteiger partial charge in [0.15, 0.2) is 0 Å². The summed E-state index contributed by atoms with van der Waals surface area (Å²) in [5.41, 5.74) is 0.337. The lowest BCUT2D eigenvalue weighted by Crippen LogP contribution is -2.34. The van der Waals surface area contributed by atoms with Gasteiger partial charge in [-0.2, -0.15) is 0 Å². The van der Waals surface area contributed by atoms with Crippen molar-refractivity contribution in [3.05, 3.63) is 49.6 Å². The van der Waals surface area contributed by atoms with Crippen molar-refractivity contribution in [2.75, 3.05) is 16.6 Å². The van der Waals surface area contributed by atoms with Crippen molar-refractivity contribution in [3.63, 3.8) is 0 Å². The van der Waals surface area contributed by atoms with Gasteiger partial charge in [0.1, 0.15) is 29.2 Å². The van der Waals surface area contributed by atoms with Crippen molar-refractivity contribution in [2.24, 2.45) is 7.05 Å². The van der Waals surface area contributed by atoms with Crippen LogP contribution in [0.4, 0.5) is 30.4 Å². The lowest BCUT2D eigenvalue weighted by molar-refractivity contribution is -0.0579. The summed E-state index contributed by atoms with van der Waals surface area (Å²) in [5, 5.41) is 11.7. The third-order valence-electron chi connectivity index (χ3n) is 4.99. The molecule has 30 heavy (non-hydrogen) atoms. The number of anilines is 3. The molecule has 2 aromatic rings. The fourth-order valence-corrected chi connectivity index (χ4v) is 4.98. The van der Waals surface area contributed by atoms with Crippen LogP contribution in [0.5, 0.6) is 0 Å². The third kappa shape index (κ3) is 4.83. The first-order valence-corrected chi connectivity index (χ1v) is 11.3. The molecule has 1 saturated carbocycles. The summed E-state index contributed by atoms with van der Waals surface area (Å²) < 4.78 is 58.1. The largest absolute Gasteiger partial charge is 0.390 e. The topological polar surface area (TPSA) is 83.4 Å². The van der Waals surface area contributed by atoms with E-state index in [1.54, 1.807) is 13.0 Å². The molecule has 164 valence electrons. The number of aromatic nitrogens is 1. The molecule has 1 fully saturated rings. The minimum atomic E-state index is -3.33. The summed E-state index contributed by atoms with van der Waals surface area (Å²) in [5.74, 6) is -3.72. The Kier molecular flexibility index (Phi) is 6.54. The van der Waals surface area contributed by atoms with E-state index in [4.69, 9.17) is 5.11 Å². The predicted octanol–water partition coefficient (Wildman–Crippen LogP) is 3.81. The number of halogens is 4. The van der Waals surface area contributed by atoms with Crippen LogP contribution in [-0.2, 0) is 18.0 Å². The number of aliphatic hydroxyl groups excluding tert-OH is 1. The van der Waals surface area contributed by atoms with Crippen LogP contribution >= 0.6 is 22.6 Å². The van der Waals surface area contributed by atoms with Crippen molar-refractivity contribution < 1.29 is 22.5 Å².